The normalized spacial score (nSPS) is 17.1. The molecule has 1 aromatic rings. The van der Waals surface area contributed by atoms with Gasteiger partial charge in [0, 0.05) is 23.7 Å². The van der Waals surface area contributed by atoms with Gasteiger partial charge in [-0.2, -0.15) is 0 Å². The zero-order valence-electron chi connectivity index (χ0n) is 11.2. The van der Waals surface area contributed by atoms with Crippen molar-refractivity contribution in [1.29, 1.82) is 0 Å². The minimum atomic E-state index is 0.162. The summed E-state index contributed by atoms with van der Waals surface area (Å²) in [4.78, 5) is 16.1. The summed E-state index contributed by atoms with van der Waals surface area (Å²) in [6, 6.07) is 1.82. The number of rotatable bonds is 3. The van der Waals surface area contributed by atoms with Crippen LogP contribution in [0.5, 0.6) is 0 Å². The van der Waals surface area contributed by atoms with Gasteiger partial charge in [0.1, 0.15) is 0 Å². The number of carbonyl (C=O) groups is 1. The highest BCUT2D eigenvalue weighted by atomic mass is 32.1. The fraction of sp³-hybridized carbons (Fsp3) is 0.643. The van der Waals surface area contributed by atoms with Crippen LogP contribution >= 0.6 is 11.3 Å². The molecule has 4 heteroatoms. The lowest BCUT2D eigenvalue weighted by Gasteiger charge is -2.31. The molecule has 18 heavy (non-hydrogen) atoms. The summed E-state index contributed by atoms with van der Waals surface area (Å²) >= 11 is 1.51. The van der Waals surface area contributed by atoms with Crippen molar-refractivity contribution in [2.75, 3.05) is 18.8 Å². The molecule has 2 N–H and O–H groups in total. The van der Waals surface area contributed by atoms with E-state index in [4.69, 9.17) is 5.73 Å². The second kappa shape index (κ2) is 5.74. The zero-order chi connectivity index (χ0) is 13.1. The molecule has 3 nitrogen and oxygen atoms in total. The van der Waals surface area contributed by atoms with Crippen LogP contribution in [0.15, 0.2) is 6.07 Å². The number of nitrogen functional groups attached to an aromatic ring is 1. The number of hydrogen-bond donors (Lipinski definition) is 1. The predicted molar refractivity (Wildman–Crippen MR) is 77.0 cm³/mol. The smallest absolute Gasteiger partial charge is 0.264 e. The Hall–Kier alpha value is -1.03. The molecule has 0 saturated carbocycles. The van der Waals surface area contributed by atoms with E-state index in [1.54, 1.807) is 0 Å². The molecule has 0 aromatic carbocycles. The standard InChI is InChI=1S/C14H22N2OS/c1-3-4-11-5-7-16(8-6-11)14(17)13-9-12(15)10(2)18-13/h9,11H,3-8,15H2,1-2H3. The van der Waals surface area contributed by atoms with Gasteiger partial charge in [0.2, 0.25) is 0 Å². The van der Waals surface area contributed by atoms with Gasteiger partial charge in [-0.15, -0.1) is 11.3 Å². The molecule has 100 valence electrons. The molecule has 1 aromatic heterocycles. The molecule has 2 rings (SSSR count). The van der Waals surface area contributed by atoms with Crippen molar-refractivity contribution >= 4 is 22.9 Å². The van der Waals surface area contributed by atoms with Crippen LogP contribution in [0.25, 0.3) is 0 Å². The Morgan fingerprint density at radius 1 is 1.50 bits per heavy atom. The van der Waals surface area contributed by atoms with Gasteiger partial charge in [-0.25, -0.2) is 0 Å². The van der Waals surface area contributed by atoms with Crippen LogP contribution in [-0.2, 0) is 0 Å². The molecule has 0 atom stereocenters. The molecular weight excluding hydrogens is 244 g/mol. The molecule has 0 unspecified atom stereocenters. The highest BCUT2D eigenvalue weighted by Gasteiger charge is 2.24. The molecule has 1 aliphatic heterocycles. The van der Waals surface area contributed by atoms with Gasteiger partial charge >= 0.3 is 0 Å². The van der Waals surface area contributed by atoms with Crippen LogP contribution in [0, 0.1) is 12.8 Å². The number of piperidine rings is 1. The maximum absolute atomic E-state index is 12.3. The van der Waals surface area contributed by atoms with E-state index in [2.05, 4.69) is 6.92 Å². The van der Waals surface area contributed by atoms with Gasteiger partial charge in [0.25, 0.3) is 5.91 Å². The quantitative estimate of drug-likeness (QED) is 0.912. The number of likely N-dealkylation sites (tertiary alicyclic amines) is 1. The van der Waals surface area contributed by atoms with Crippen molar-refractivity contribution in [3.05, 3.63) is 15.8 Å². The van der Waals surface area contributed by atoms with Crippen LogP contribution in [0.4, 0.5) is 5.69 Å². The maximum Gasteiger partial charge on any atom is 0.264 e. The minimum absolute atomic E-state index is 0.162. The van der Waals surface area contributed by atoms with Crippen molar-refractivity contribution in [3.63, 3.8) is 0 Å². The van der Waals surface area contributed by atoms with Gasteiger partial charge < -0.3 is 10.6 Å². The van der Waals surface area contributed by atoms with Crippen LogP contribution < -0.4 is 5.73 Å². The Morgan fingerprint density at radius 3 is 2.67 bits per heavy atom. The van der Waals surface area contributed by atoms with Crippen molar-refractivity contribution in [2.24, 2.45) is 5.92 Å². The van der Waals surface area contributed by atoms with Gasteiger partial charge in [-0.3, -0.25) is 4.79 Å². The summed E-state index contributed by atoms with van der Waals surface area (Å²) in [7, 11) is 0. The molecule has 1 aliphatic rings. The van der Waals surface area contributed by atoms with Crippen LogP contribution in [0.2, 0.25) is 0 Å². The third kappa shape index (κ3) is 2.86. The number of amides is 1. The second-order valence-corrected chi connectivity index (χ2v) is 6.40. The summed E-state index contributed by atoms with van der Waals surface area (Å²) in [5, 5.41) is 0. The first kappa shape index (κ1) is 13.4. The first-order valence-electron chi connectivity index (χ1n) is 6.77. The molecule has 0 radical (unpaired) electrons. The average molecular weight is 266 g/mol. The Labute approximate surface area is 113 Å². The van der Waals surface area contributed by atoms with E-state index >= 15 is 0 Å². The van der Waals surface area contributed by atoms with Gasteiger partial charge in [-0.05, 0) is 31.7 Å². The Kier molecular flexibility index (Phi) is 4.27. The topological polar surface area (TPSA) is 46.3 Å². The fourth-order valence-electron chi connectivity index (χ4n) is 2.59. The number of nitrogens with two attached hydrogens (primary N) is 1. The van der Waals surface area contributed by atoms with E-state index in [0.717, 1.165) is 47.3 Å². The van der Waals surface area contributed by atoms with Crippen molar-refractivity contribution in [1.82, 2.24) is 4.90 Å². The van der Waals surface area contributed by atoms with Crippen LogP contribution in [0.1, 0.15) is 47.2 Å². The summed E-state index contributed by atoms with van der Waals surface area (Å²) in [5.41, 5.74) is 6.55. The first-order chi connectivity index (χ1) is 8.61. The molecule has 0 spiro atoms. The SMILES string of the molecule is CCCC1CCN(C(=O)c2cc(N)c(C)s2)CC1. The van der Waals surface area contributed by atoms with Crippen molar-refractivity contribution in [2.45, 2.75) is 39.5 Å². The van der Waals surface area contributed by atoms with Crippen LogP contribution in [-0.4, -0.2) is 23.9 Å². The van der Waals surface area contributed by atoms with Crippen molar-refractivity contribution < 1.29 is 4.79 Å². The molecule has 1 amide bonds. The average Bonchev–Trinajstić information content (AvgIpc) is 2.70. The monoisotopic (exact) mass is 266 g/mol. The predicted octanol–water partition coefficient (Wildman–Crippen LogP) is 3.29. The van der Waals surface area contributed by atoms with E-state index in [1.165, 1.54) is 24.2 Å². The number of hydrogen-bond acceptors (Lipinski definition) is 3. The minimum Gasteiger partial charge on any atom is -0.398 e. The summed E-state index contributed by atoms with van der Waals surface area (Å²) in [6.07, 6.45) is 4.85. The maximum atomic E-state index is 12.3. The van der Waals surface area contributed by atoms with Crippen molar-refractivity contribution in [3.8, 4) is 0 Å². The van der Waals surface area contributed by atoms with E-state index in [9.17, 15) is 4.79 Å². The Morgan fingerprint density at radius 2 is 2.17 bits per heavy atom. The largest absolute Gasteiger partial charge is 0.398 e. The van der Waals surface area contributed by atoms with Crippen LogP contribution in [0.3, 0.4) is 0 Å². The molecule has 1 saturated heterocycles. The lowest BCUT2D eigenvalue weighted by molar-refractivity contribution is 0.0691. The molecule has 2 heterocycles. The third-order valence-electron chi connectivity index (χ3n) is 3.77. The summed E-state index contributed by atoms with van der Waals surface area (Å²) in [5.74, 6) is 0.976. The number of thiophene rings is 1. The zero-order valence-corrected chi connectivity index (χ0v) is 12.1. The van der Waals surface area contributed by atoms with Gasteiger partial charge in [0.15, 0.2) is 0 Å². The van der Waals surface area contributed by atoms with E-state index in [-0.39, 0.29) is 5.91 Å². The Bertz CT molecular complexity index is 400. The lowest BCUT2D eigenvalue weighted by Crippen LogP contribution is -2.38. The number of carbonyl (C=O) groups excluding carboxylic acids is 1. The summed E-state index contributed by atoms with van der Waals surface area (Å²) < 4.78 is 0. The molecular formula is C14H22N2OS. The highest BCUT2D eigenvalue weighted by Crippen LogP contribution is 2.27. The van der Waals surface area contributed by atoms with E-state index in [0.29, 0.717) is 0 Å². The van der Waals surface area contributed by atoms with Gasteiger partial charge in [0.05, 0.1) is 4.88 Å². The lowest BCUT2D eigenvalue weighted by atomic mass is 9.92. The molecule has 1 fully saturated rings. The Balaban J connectivity index is 1.95. The number of anilines is 1. The molecule has 0 aliphatic carbocycles. The third-order valence-corrected chi connectivity index (χ3v) is 4.82. The molecule has 0 bridgehead atoms. The van der Waals surface area contributed by atoms with E-state index in [1.807, 2.05) is 17.9 Å². The fourth-order valence-corrected chi connectivity index (χ4v) is 3.50. The summed E-state index contributed by atoms with van der Waals surface area (Å²) in [6.45, 7) is 6.00. The van der Waals surface area contributed by atoms with E-state index < -0.39 is 0 Å². The number of nitrogens with zero attached hydrogens (tertiary/aromatic N) is 1. The highest BCUT2D eigenvalue weighted by molar-refractivity contribution is 7.14. The number of aryl methyl sites for hydroxylation is 1. The second-order valence-electron chi connectivity index (χ2n) is 5.15. The van der Waals surface area contributed by atoms with Gasteiger partial charge in [-0.1, -0.05) is 19.8 Å². The first-order valence-corrected chi connectivity index (χ1v) is 7.58.